The number of hydrogen-bond acceptors (Lipinski definition) is 2. The predicted octanol–water partition coefficient (Wildman–Crippen LogP) is 2.94. The summed E-state index contributed by atoms with van der Waals surface area (Å²) in [5, 5.41) is 8.88. The Morgan fingerprint density at radius 1 is 1.11 bits per heavy atom. The number of carbonyl (C=O) groups is 1. The minimum atomic E-state index is -0.910. The van der Waals surface area contributed by atoms with Crippen molar-refractivity contribution in [2.24, 2.45) is 7.05 Å². The zero-order valence-electron chi connectivity index (χ0n) is 10.4. The number of carboxylic acids is 1. The highest BCUT2D eigenvalue weighted by atomic mass is 16.4. The van der Waals surface area contributed by atoms with E-state index >= 15 is 0 Å². The first-order valence-corrected chi connectivity index (χ1v) is 5.90. The monoisotopic (exact) mass is 252 g/mol. The molecule has 19 heavy (non-hydrogen) atoms. The van der Waals surface area contributed by atoms with Crippen molar-refractivity contribution in [1.29, 1.82) is 0 Å². The number of hydrogen-bond donors (Lipinski definition) is 1. The molecular weight excluding hydrogens is 240 g/mol. The Morgan fingerprint density at radius 2 is 1.79 bits per heavy atom. The van der Waals surface area contributed by atoms with Crippen LogP contribution in [-0.4, -0.2) is 20.6 Å². The van der Waals surface area contributed by atoms with Gasteiger partial charge in [-0.1, -0.05) is 18.2 Å². The number of aryl methyl sites for hydroxylation is 1. The van der Waals surface area contributed by atoms with Gasteiger partial charge in [-0.05, 0) is 35.4 Å². The van der Waals surface area contributed by atoms with Crippen molar-refractivity contribution >= 4 is 17.0 Å². The third-order valence-corrected chi connectivity index (χ3v) is 3.19. The van der Waals surface area contributed by atoms with Gasteiger partial charge >= 0.3 is 5.97 Å². The van der Waals surface area contributed by atoms with Crippen LogP contribution >= 0.6 is 0 Å². The van der Waals surface area contributed by atoms with E-state index in [9.17, 15) is 4.79 Å². The highest BCUT2D eigenvalue weighted by Gasteiger charge is 2.05. The van der Waals surface area contributed by atoms with Crippen LogP contribution in [-0.2, 0) is 7.05 Å². The highest BCUT2D eigenvalue weighted by Crippen LogP contribution is 2.23. The molecule has 0 radical (unpaired) electrons. The average Bonchev–Trinajstić information content (AvgIpc) is 2.80. The predicted molar refractivity (Wildman–Crippen MR) is 73.1 cm³/mol. The summed E-state index contributed by atoms with van der Waals surface area (Å²) in [5.41, 5.74) is 4.32. The van der Waals surface area contributed by atoms with Crippen LogP contribution in [0.4, 0.5) is 0 Å². The van der Waals surface area contributed by atoms with E-state index in [-0.39, 0.29) is 0 Å². The second-order valence-corrected chi connectivity index (χ2v) is 4.44. The molecule has 1 heterocycles. The molecule has 3 rings (SSSR count). The molecule has 0 saturated carbocycles. The molecule has 94 valence electrons. The number of aromatic carboxylic acids is 1. The summed E-state index contributed by atoms with van der Waals surface area (Å²) < 4.78 is 1.96. The van der Waals surface area contributed by atoms with E-state index in [2.05, 4.69) is 4.98 Å². The molecule has 3 aromatic rings. The lowest BCUT2D eigenvalue weighted by Crippen LogP contribution is -1.94. The minimum Gasteiger partial charge on any atom is -0.478 e. The molecule has 0 atom stereocenters. The maximum absolute atomic E-state index is 10.8. The fourth-order valence-corrected chi connectivity index (χ4v) is 2.12. The summed E-state index contributed by atoms with van der Waals surface area (Å²) in [4.78, 5) is 15.1. The summed E-state index contributed by atoms with van der Waals surface area (Å²) >= 11 is 0. The quantitative estimate of drug-likeness (QED) is 0.763. The fourth-order valence-electron chi connectivity index (χ4n) is 2.12. The second-order valence-electron chi connectivity index (χ2n) is 4.44. The van der Waals surface area contributed by atoms with Crippen molar-refractivity contribution in [3.63, 3.8) is 0 Å². The number of fused-ring (bicyclic) bond motifs is 1. The summed E-state index contributed by atoms with van der Waals surface area (Å²) in [7, 11) is 1.96. The molecule has 0 aliphatic heterocycles. The Morgan fingerprint density at radius 3 is 2.47 bits per heavy atom. The average molecular weight is 252 g/mol. The molecule has 1 N–H and O–H groups in total. The third kappa shape index (κ3) is 1.97. The summed E-state index contributed by atoms with van der Waals surface area (Å²) in [5.74, 6) is -0.910. The van der Waals surface area contributed by atoms with Crippen LogP contribution in [0.1, 0.15) is 10.4 Å². The minimum absolute atomic E-state index is 0.294. The van der Waals surface area contributed by atoms with Crippen molar-refractivity contribution < 1.29 is 9.90 Å². The zero-order chi connectivity index (χ0) is 13.4. The molecule has 0 fully saturated rings. The number of rotatable bonds is 2. The molecule has 0 saturated heterocycles. The maximum atomic E-state index is 10.8. The van der Waals surface area contributed by atoms with E-state index in [0.29, 0.717) is 5.56 Å². The van der Waals surface area contributed by atoms with E-state index in [1.807, 2.05) is 41.9 Å². The van der Waals surface area contributed by atoms with Crippen LogP contribution in [0.3, 0.4) is 0 Å². The van der Waals surface area contributed by atoms with Crippen molar-refractivity contribution in [3.8, 4) is 11.1 Å². The highest BCUT2D eigenvalue weighted by molar-refractivity contribution is 5.89. The van der Waals surface area contributed by atoms with E-state index in [1.165, 1.54) is 0 Å². The molecular formula is C15H12N2O2. The van der Waals surface area contributed by atoms with Crippen molar-refractivity contribution in [1.82, 2.24) is 9.55 Å². The van der Waals surface area contributed by atoms with Gasteiger partial charge < -0.3 is 9.67 Å². The Labute approximate surface area is 109 Å². The van der Waals surface area contributed by atoms with Gasteiger partial charge in [0.2, 0.25) is 0 Å². The molecule has 0 bridgehead atoms. The van der Waals surface area contributed by atoms with Crippen LogP contribution in [0.25, 0.3) is 22.2 Å². The van der Waals surface area contributed by atoms with Gasteiger partial charge in [0.15, 0.2) is 0 Å². The van der Waals surface area contributed by atoms with Crippen LogP contribution in [0.2, 0.25) is 0 Å². The standard InChI is InChI=1S/C15H12N2O2/c1-17-9-16-13-8-12(6-7-14(13)17)10-2-4-11(5-3-10)15(18)19/h2-9H,1H3,(H,18,19). The van der Waals surface area contributed by atoms with Gasteiger partial charge in [-0.25, -0.2) is 9.78 Å². The second kappa shape index (κ2) is 4.24. The summed E-state index contributed by atoms with van der Waals surface area (Å²) in [6.07, 6.45) is 1.78. The molecule has 0 amide bonds. The Kier molecular flexibility index (Phi) is 2.56. The lowest BCUT2D eigenvalue weighted by Gasteiger charge is -2.03. The first kappa shape index (κ1) is 11.5. The molecule has 0 unspecified atom stereocenters. The molecule has 0 aliphatic rings. The van der Waals surface area contributed by atoms with E-state index in [1.54, 1.807) is 18.5 Å². The maximum Gasteiger partial charge on any atom is 0.335 e. The van der Waals surface area contributed by atoms with Gasteiger partial charge in [0, 0.05) is 7.05 Å². The van der Waals surface area contributed by atoms with Crippen LogP contribution in [0.5, 0.6) is 0 Å². The molecule has 4 heteroatoms. The summed E-state index contributed by atoms with van der Waals surface area (Å²) in [6.45, 7) is 0. The topological polar surface area (TPSA) is 55.1 Å². The normalized spacial score (nSPS) is 10.8. The third-order valence-electron chi connectivity index (χ3n) is 3.19. The smallest absolute Gasteiger partial charge is 0.335 e. The first-order valence-electron chi connectivity index (χ1n) is 5.90. The number of carboxylic acid groups (broad SMARTS) is 1. The van der Waals surface area contributed by atoms with E-state index < -0.39 is 5.97 Å². The lowest BCUT2D eigenvalue weighted by molar-refractivity contribution is 0.0697. The van der Waals surface area contributed by atoms with Gasteiger partial charge in [-0.15, -0.1) is 0 Å². The van der Waals surface area contributed by atoms with E-state index in [0.717, 1.165) is 22.2 Å². The number of aromatic nitrogens is 2. The van der Waals surface area contributed by atoms with Crippen LogP contribution in [0.15, 0.2) is 48.8 Å². The first-order chi connectivity index (χ1) is 9.15. The van der Waals surface area contributed by atoms with Crippen molar-refractivity contribution in [2.75, 3.05) is 0 Å². The lowest BCUT2D eigenvalue weighted by atomic mass is 10.0. The molecule has 4 nitrogen and oxygen atoms in total. The van der Waals surface area contributed by atoms with Gasteiger partial charge in [-0.3, -0.25) is 0 Å². The SMILES string of the molecule is Cn1cnc2cc(-c3ccc(C(=O)O)cc3)ccc21. The fraction of sp³-hybridized carbons (Fsp3) is 0.0667. The molecule has 0 aliphatic carbocycles. The van der Waals surface area contributed by atoms with E-state index in [4.69, 9.17) is 5.11 Å². The van der Waals surface area contributed by atoms with Gasteiger partial charge in [0.1, 0.15) is 0 Å². The van der Waals surface area contributed by atoms with Crippen LogP contribution in [0, 0.1) is 0 Å². The van der Waals surface area contributed by atoms with Gasteiger partial charge in [0.05, 0.1) is 22.9 Å². The Balaban J connectivity index is 2.05. The van der Waals surface area contributed by atoms with Crippen molar-refractivity contribution in [2.45, 2.75) is 0 Å². The largest absolute Gasteiger partial charge is 0.478 e. The van der Waals surface area contributed by atoms with Gasteiger partial charge in [-0.2, -0.15) is 0 Å². The Hall–Kier alpha value is -2.62. The van der Waals surface area contributed by atoms with Crippen molar-refractivity contribution in [3.05, 3.63) is 54.4 Å². The number of imidazole rings is 1. The molecule has 1 aromatic heterocycles. The molecule has 2 aromatic carbocycles. The van der Waals surface area contributed by atoms with Crippen LogP contribution < -0.4 is 0 Å². The number of benzene rings is 2. The Bertz CT molecular complexity index is 757. The number of nitrogens with zero attached hydrogens (tertiary/aromatic N) is 2. The van der Waals surface area contributed by atoms with Gasteiger partial charge in [0.25, 0.3) is 0 Å². The molecule has 0 spiro atoms. The summed E-state index contributed by atoms with van der Waals surface area (Å²) in [6, 6.07) is 12.9. The zero-order valence-corrected chi connectivity index (χ0v) is 10.4.